The van der Waals surface area contributed by atoms with Crippen LogP contribution in [0.15, 0.2) is 30.7 Å². The molecule has 0 amide bonds. The highest BCUT2D eigenvalue weighted by atomic mass is 16.5. The molecule has 60 valence electrons. The van der Waals surface area contributed by atoms with Crippen molar-refractivity contribution >= 4 is 0 Å². The van der Waals surface area contributed by atoms with Gasteiger partial charge >= 0.3 is 6.01 Å². The minimum Gasteiger partial charge on any atom is -0.406 e. The molecule has 5 heteroatoms. The van der Waals surface area contributed by atoms with E-state index in [-0.39, 0.29) is 0 Å². The molecule has 0 aromatic carbocycles. The Bertz CT molecular complexity index is 332. The third-order valence-electron chi connectivity index (χ3n) is 1.22. The Balaban J connectivity index is 2.15. The maximum absolute atomic E-state index is 5.18. The molecule has 0 aliphatic rings. The number of hydrogen-bond acceptors (Lipinski definition) is 4. The van der Waals surface area contributed by atoms with Gasteiger partial charge in [-0.3, -0.25) is 0 Å². The van der Waals surface area contributed by atoms with Gasteiger partial charge in [0.1, 0.15) is 0 Å². The number of aromatic nitrogens is 4. The fourth-order valence-corrected chi connectivity index (χ4v) is 0.736. The molecule has 0 aliphatic heterocycles. The van der Waals surface area contributed by atoms with Crippen LogP contribution in [0.4, 0.5) is 0 Å². The molecule has 2 aromatic heterocycles. The van der Waals surface area contributed by atoms with Crippen LogP contribution in [0.25, 0.3) is 0 Å². The molecule has 0 aliphatic carbocycles. The van der Waals surface area contributed by atoms with E-state index >= 15 is 0 Å². The van der Waals surface area contributed by atoms with Gasteiger partial charge in [-0.15, -0.1) is 0 Å². The SMILES string of the molecule is c1cnc(Oc2ccn[nH]2)nc1. The van der Waals surface area contributed by atoms with Crippen molar-refractivity contribution in [3.05, 3.63) is 30.7 Å². The van der Waals surface area contributed by atoms with Crippen molar-refractivity contribution in [2.24, 2.45) is 0 Å². The van der Waals surface area contributed by atoms with Crippen LogP contribution in [-0.2, 0) is 0 Å². The molecule has 0 saturated heterocycles. The van der Waals surface area contributed by atoms with Gasteiger partial charge in [0.2, 0.25) is 5.88 Å². The minimum absolute atomic E-state index is 0.307. The van der Waals surface area contributed by atoms with Crippen LogP contribution in [-0.4, -0.2) is 20.2 Å². The molecule has 0 unspecified atom stereocenters. The average molecular weight is 162 g/mol. The van der Waals surface area contributed by atoms with Crippen molar-refractivity contribution in [1.29, 1.82) is 0 Å². The average Bonchev–Trinajstić information content (AvgIpc) is 2.59. The Kier molecular flexibility index (Phi) is 1.69. The second kappa shape index (κ2) is 3.00. The van der Waals surface area contributed by atoms with Gasteiger partial charge in [-0.1, -0.05) is 0 Å². The van der Waals surface area contributed by atoms with Gasteiger partial charge < -0.3 is 4.74 Å². The number of hydrogen-bond donors (Lipinski definition) is 1. The van der Waals surface area contributed by atoms with Crippen LogP contribution in [0.5, 0.6) is 11.9 Å². The summed E-state index contributed by atoms with van der Waals surface area (Å²) < 4.78 is 5.18. The maximum Gasteiger partial charge on any atom is 0.323 e. The van der Waals surface area contributed by atoms with Crippen LogP contribution in [0.1, 0.15) is 0 Å². The number of H-pyrrole nitrogens is 1. The van der Waals surface area contributed by atoms with Crippen LogP contribution in [0, 0.1) is 0 Å². The Morgan fingerprint density at radius 3 is 2.67 bits per heavy atom. The Labute approximate surface area is 68.4 Å². The molecule has 2 rings (SSSR count). The van der Waals surface area contributed by atoms with Crippen LogP contribution >= 0.6 is 0 Å². The lowest BCUT2D eigenvalue weighted by Crippen LogP contribution is -1.89. The van der Waals surface area contributed by atoms with Crippen molar-refractivity contribution in [2.75, 3.05) is 0 Å². The molecule has 0 saturated carbocycles. The second-order valence-electron chi connectivity index (χ2n) is 2.05. The zero-order valence-electron chi connectivity index (χ0n) is 6.14. The lowest BCUT2D eigenvalue weighted by molar-refractivity contribution is 0.424. The summed E-state index contributed by atoms with van der Waals surface area (Å²) in [6.45, 7) is 0. The predicted molar refractivity (Wildman–Crippen MR) is 40.7 cm³/mol. The number of nitrogens with one attached hydrogen (secondary N) is 1. The largest absolute Gasteiger partial charge is 0.406 e. The monoisotopic (exact) mass is 162 g/mol. The van der Waals surface area contributed by atoms with E-state index in [4.69, 9.17) is 4.74 Å². The normalized spacial score (nSPS) is 9.67. The Morgan fingerprint density at radius 1 is 1.17 bits per heavy atom. The number of rotatable bonds is 2. The second-order valence-corrected chi connectivity index (χ2v) is 2.05. The minimum atomic E-state index is 0.307. The van der Waals surface area contributed by atoms with Crippen molar-refractivity contribution in [3.8, 4) is 11.9 Å². The molecule has 5 nitrogen and oxygen atoms in total. The van der Waals surface area contributed by atoms with Gasteiger partial charge in [-0.25, -0.2) is 15.1 Å². The van der Waals surface area contributed by atoms with Crippen molar-refractivity contribution in [1.82, 2.24) is 20.2 Å². The third-order valence-corrected chi connectivity index (χ3v) is 1.22. The summed E-state index contributed by atoms with van der Waals surface area (Å²) in [6, 6.07) is 3.72. The summed E-state index contributed by atoms with van der Waals surface area (Å²) in [5, 5.41) is 6.35. The molecule has 0 bridgehead atoms. The molecular weight excluding hydrogens is 156 g/mol. The zero-order valence-corrected chi connectivity index (χ0v) is 6.14. The van der Waals surface area contributed by atoms with E-state index in [9.17, 15) is 0 Å². The molecule has 2 aromatic rings. The first kappa shape index (κ1) is 6.78. The Hall–Kier alpha value is -1.91. The van der Waals surface area contributed by atoms with Crippen LogP contribution in [0.3, 0.4) is 0 Å². The van der Waals surface area contributed by atoms with E-state index in [1.807, 2.05) is 0 Å². The van der Waals surface area contributed by atoms with E-state index in [0.717, 1.165) is 0 Å². The van der Waals surface area contributed by atoms with Crippen molar-refractivity contribution in [3.63, 3.8) is 0 Å². The van der Waals surface area contributed by atoms with Crippen LogP contribution < -0.4 is 4.74 Å². The molecule has 12 heavy (non-hydrogen) atoms. The lowest BCUT2D eigenvalue weighted by atomic mass is 10.7. The van der Waals surface area contributed by atoms with Gasteiger partial charge in [0.05, 0.1) is 6.20 Å². The Morgan fingerprint density at radius 2 is 2.00 bits per heavy atom. The predicted octanol–water partition coefficient (Wildman–Crippen LogP) is 0.992. The summed E-state index contributed by atoms with van der Waals surface area (Å²) in [5.74, 6) is 0.529. The van der Waals surface area contributed by atoms with Gasteiger partial charge in [0.15, 0.2) is 0 Å². The smallest absolute Gasteiger partial charge is 0.323 e. The van der Waals surface area contributed by atoms with Crippen molar-refractivity contribution < 1.29 is 4.74 Å². The summed E-state index contributed by atoms with van der Waals surface area (Å²) >= 11 is 0. The third kappa shape index (κ3) is 1.39. The van der Waals surface area contributed by atoms with E-state index in [0.29, 0.717) is 11.9 Å². The highest BCUT2D eigenvalue weighted by Crippen LogP contribution is 2.11. The molecule has 0 fully saturated rings. The first-order chi connectivity index (χ1) is 5.95. The number of nitrogens with zero attached hydrogens (tertiary/aromatic N) is 3. The fraction of sp³-hybridized carbons (Fsp3) is 0. The van der Waals surface area contributed by atoms with Gasteiger partial charge in [-0.2, -0.15) is 5.10 Å². The lowest BCUT2D eigenvalue weighted by Gasteiger charge is -1.96. The zero-order chi connectivity index (χ0) is 8.23. The summed E-state index contributed by atoms with van der Waals surface area (Å²) in [4.78, 5) is 7.74. The maximum atomic E-state index is 5.18. The van der Waals surface area contributed by atoms with Crippen molar-refractivity contribution in [2.45, 2.75) is 0 Å². The van der Waals surface area contributed by atoms with Gasteiger partial charge in [-0.05, 0) is 6.07 Å². The highest BCUT2D eigenvalue weighted by Gasteiger charge is 1.97. The molecule has 2 heterocycles. The van der Waals surface area contributed by atoms with Gasteiger partial charge in [0, 0.05) is 18.5 Å². The van der Waals surface area contributed by atoms with Gasteiger partial charge in [0.25, 0.3) is 0 Å². The van der Waals surface area contributed by atoms with E-state index in [1.165, 1.54) is 0 Å². The molecule has 0 spiro atoms. The first-order valence-electron chi connectivity index (χ1n) is 3.39. The molecule has 1 N–H and O–H groups in total. The topological polar surface area (TPSA) is 63.7 Å². The van der Waals surface area contributed by atoms with E-state index in [2.05, 4.69) is 20.2 Å². The van der Waals surface area contributed by atoms with E-state index in [1.54, 1.807) is 30.7 Å². The highest BCUT2D eigenvalue weighted by molar-refractivity contribution is 5.10. The summed E-state index contributed by atoms with van der Waals surface area (Å²) in [7, 11) is 0. The molecule has 0 atom stereocenters. The summed E-state index contributed by atoms with van der Waals surface area (Å²) in [6.07, 6.45) is 4.82. The molecular formula is C7H6N4O. The number of aromatic amines is 1. The fourth-order valence-electron chi connectivity index (χ4n) is 0.736. The quantitative estimate of drug-likeness (QED) is 0.715. The van der Waals surface area contributed by atoms with Crippen LogP contribution in [0.2, 0.25) is 0 Å². The molecule has 0 radical (unpaired) electrons. The first-order valence-corrected chi connectivity index (χ1v) is 3.39. The number of ether oxygens (including phenoxy) is 1. The standard InChI is InChI=1S/C7H6N4O/c1-3-8-7(9-4-1)12-6-2-5-10-11-6/h1-5H,(H,10,11). The van der Waals surface area contributed by atoms with E-state index < -0.39 is 0 Å². The summed E-state index contributed by atoms with van der Waals surface area (Å²) in [5.41, 5.74) is 0.